The van der Waals surface area contributed by atoms with Crippen LogP contribution in [0.25, 0.3) is 0 Å². The zero-order chi connectivity index (χ0) is 9.00. The second-order valence-electron chi connectivity index (χ2n) is 0.921. The Morgan fingerprint density at radius 2 is 1.36 bits per heavy atom. The van der Waals surface area contributed by atoms with E-state index in [4.69, 9.17) is 18.2 Å². The van der Waals surface area contributed by atoms with E-state index in [1.807, 2.05) is 0 Å². The largest absolute Gasteiger partial charge is 0.790 e. The molecular weight excluding hydrogens is 238 g/mol. The maximum atomic E-state index is 10.7. The molecule has 0 unspecified atom stereocenters. The third-order valence-corrected chi connectivity index (χ3v) is 0.877. The SMILES string of the molecule is N[O-].O=S(=O)(O)C(F)(F)F.[Co]. The first-order chi connectivity index (χ1) is 4.25. The van der Waals surface area contributed by atoms with Gasteiger partial charge in [-0.15, -0.1) is 0 Å². The van der Waals surface area contributed by atoms with Crippen molar-refractivity contribution in [1.82, 2.24) is 0 Å². The Morgan fingerprint density at radius 1 is 1.27 bits per heavy atom. The molecule has 0 spiro atoms. The zero-order valence-corrected chi connectivity index (χ0v) is 6.48. The van der Waals surface area contributed by atoms with Crippen molar-refractivity contribution in [1.29, 1.82) is 0 Å². The molecule has 0 rings (SSSR count). The number of halogens is 3. The van der Waals surface area contributed by atoms with Gasteiger partial charge in [0.15, 0.2) is 0 Å². The van der Waals surface area contributed by atoms with Crippen molar-refractivity contribution >= 4 is 10.1 Å². The molecule has 0 aromatic heterocycles. The molecule has 5 nitrogen and oxygen atoms in total. The first kappa shape index (κ1) is 17.3. The Labute approximate surface area is 70.3 Å². The molecule has 73 valence electrons. The fourth-order valence-electron chi connectivity index (χ4n) is 0. The predicted octanol–water partition coefficient (Wildman–Crippen LogP) is -0.166. The minimum atomic E-state index is -5.84. The van der Waals surface area contributed by atoms with Crippen molar-refractivity contribution in [2.75, 3.05) is 0 Å². The molecule has 0 amide bonds. The molecular formula is CH3CoF3NO4S-. The van der Waals surface area contributed by atoms with Crippen LogP contribution in [0, 0.1) is 5.21 Å². The molecule has 0 aromatic carbocycles. The second-order valence-corrected chi connectivity index (χ2v) is 2.33. The second kappa shape index (κ2) is 5.74. The van der Waals surface area contributed by atoms with Gasteiger partial charge < -0.3 is 11.1 Å². The van der Waals surface area contributed by atoms with E-state index in [1.165, 1.54) is 0 Å². The number of rotatable bonds is 0. The van der Waals surface area contributed by atoms with Gasteiger partial charge in [0.2, 0.25) is 0 Å². The minimum Gasteiger partial charge on any atom is -0.790 e. The first-order valence-electron chi connectivity index (χ1n) is 1.52. The van der Waals surface area contributed by atoms with E-state index in [2.05, 4.69) is 5.90 Å². The van der Waals surface area contributed by atoms with Crippen LogP contribution < -0.4 is 5.90 Å². The van der Waals surface area contributed by atoms with Crippen molar-refractivity contribution in [2.45, 2.75) is 5.51 Å². The van der Waals surface area contributed by atoms with Crippen LogP contribution in [0.1, 0.15) is 0 Å². The summed E-state index contributed by atoms with van der Waals surface area (Å²) in [5.74, 6) is 3.25. The third-order valence-electron chi connectivity index (χ3n) is 0.292. The van der Waals surface area contributed by atoms with Gasteiger partial charge in [0, 0.05) is 16.8 Å². The van der Waals surface area contributed by atoms with E-state index < -0.39 is 15.6 Å². The smallest absolute Gasteiger partial charge is 0.522 e. The van der Waals surface area contributed by atoms with Crippen molar-refractivity contribution < 1.29 is 42.9 Å². The summed E-state index contributed by atoms with van der Waals surface area (Å²) in [6, 6.07) is 0. The molecule has 0 saturated carbocycles. The third kappa shape index (κ3) is 8.03. The predicted molar refractivity (Wildman–Crippen MR) is 25.2 cm³/mol. The summed E-state index contributed by atoms with van der Waals surface area (Å²) in [6.07, 6.45) is 0. The molecule has 1 radical (unpaired) electrons. The molecule has 0 aliphatic heterocycles. The summed E-state index contributed by atoms with van der Waals surface area (Å²) < 4.78 is 57.5. The molecule has 3 N–H and O–H groups in total. The van der Waals surface area contributed by atoms with Gasteiger partial charge in [0.05, 0.1) is 0 Å². The summed E-state index contributed by atoms with van der Waals surface area (Å²) in [5.41, 5.74) is -5.53. The van der Waals surface area contributed by atoms with Gasteiger partial charge in [-0.2, -0.15) is 21.6 Å². The number of hydrogen-bond acceptors (Lipinski definition) is 4. The molecule has 10 heteroatoms. The Morgan fingerprint density at radius 3 is 1.36 bits per heavy atom. The molecule has 0 bridgehead atoms. The van der Waals surface area contributed by atoms with Crippen LogP contribution in [0.3, 0.4) is 0 Å². The monoisotopic (exact) mass is 241 g/mol. The van der Waals surface area contributed by atoms with Gasteiger partial charge >= 0.3 is 15.6 Å². The van der Waals surface area contributed by atoms with E-state index in [1.54, 1.807) is 0 Å². The first-order valence-corrected chi connectivity index (χ1v) is 2.96. The number of alkyl halides is 3. The van der Waals surface area contributed by atoms with Gasteiger partial charge in [-0.05, 0) is 0 Å². The zero-order valence-electron chi connectivity index (χ0n) is 4.62. The summed E-state index contributed by atoms with van der Waals surface area (Å²) in [4.78, 5) is 0. The fraction of sp³-hybridized carbons (Fsp3) is 1.00. The van der Waals surface area contributed by atoms with Gasteiger partial charge in [0.1, 0.15) is 0 Å². The van der Waals surface area contributed by atoms with Crippen molar-refractivity contribution in [3.63, 3.8) is 0 Å². The van der Waals surface area contributed by atoms with E-state index in [-0.39, 0.29) is 16.8 Å². The number of hydrogen-bond donors (Lipinski definition) is 2. The Balaban J connectivity index is -0.000000196. The Hall–Kier alpha value is 0.126. The van der Waals surface area contributed by atoms with Crippen molar-refractivity contribution in [2.24, 2.45) is 5.90 Å². The Kier molecular flexibility index (Phi) is 9.01. The summed E-state index contributed by atoms with van der Waals surface area (Å²) in [5, 5.41) is 7.75. The van der Waals surface area contributed by atoms with E-state index in [0.717, 1.165) is 0 Å². The molecule has 0 aromatic rings. The molecule has 0 aliphatic rings. The van der Waals surface area contributed by atoms with Crippen LogP contribution in [0.2, 0.25) is 0 Å². The fourth-order valence-corrected chi connectivity index (χ4v) is 0. The maximum absolute atomic E-state index is 10.7. The standard InChI is InChI=1S/CHF3O3S.Co.H2NO/c2-1(3,4)8(5,6)7;;1-2/h(H,5,6,7);;1H2/q;;-1. The van der Waals surface area contributed by atoms with Crippen LogP contribution in [0.5, 0.6) is 0 Å². The maximum Gasteiger partial charge on any atom is 0.522 e. The summed E-state index contributed by atoms with van der Waals surface area (Å²) in [6.45, 7) is 0. The average molecular weight is 241 g/mol. The average Bonchev–Trinajstić information content (AvgIpc) is 1.66. The van der Waals surface area contributed by atoms with Crippen LogP contribution in [-0.4, -0.2) is 18.5 Å². The normalized spacial score (nSPS) is 10.7. The van der Waals surface area contributed by atoms with Gasteiger partial charge in [-0.25, -0.2) is 0 Å². The van der Waals surface area contributed by atoms with Gasteiger partial charge in [-0.1, -0.05) is 0 Å². The van der Waals surface area contributed by atoms with E-state index in [9.17, 15) is 13.2 Å². The summed E-state index contributed by atoms with van der Waals surface area (Å²) in [7, 11) is -5.84. The van der Waals surface area contributed by atoms with Crippen LogP contribution in [0.4, 0.5) is 13.2 Å². The topological polar surface area (TPSA) is 103 Å². The molecule has 11 heavy (non-hydrogen) atoms. The molecule has 0 aliphatic carbocycles. The van der Waals surface area contributed by atoms with E-state index >= 15 is 0 Å². The quantitative estimate of drug-likeness (QED) is 0.348. The van der Waals surface area contributed by atoms with Crippen LogP contribution in [-0.2, 0) is 26.9 Å². The van der Waals surface area contributed by atoms with Crippen molar-refractivity contribution in [3.05, 3.63) is 5.21 Å². The van der Waals surface area contributed by atoms with Gasteiger partial charge in [0.25, 0.3) is 0 Å². The minimum absolute atomic E-state index is 0. The van der Waals surface area contributed by atoms with Crippen molar-refractivity contribution in [3.8, 4) is 0 Å². The number of nitrogens with two attached hydrogens (primary N) is 1. The van der Waals surface area contributed by atoms with Gasteiger partial charge in [-0.3, -0.25) is 4.55 Å². The molecule has 0 heterocycles. The Bertz CT molecular complexity index is 174. The van der Waals surface area contributed by atoms with E-state index in [0.29, 0.717) is 0 Å². The summed E-state index contributed by atoms with van der Waals surface area (Å²) >= 11 is 0. The van der Waals surface area contributed by atoms with Crippen LogP contribution >= 0.6 is 0 Å². The molecule has 0 fully saturated rings. The molecule has 0 atom stereocenters. The molecule has 0 saturated heterocycles. The van der Waals surface area contributed by atoms with Crippen LogP contribution in [0.15, 0.2) is 0 Å².